The number of carbonyl (C=O) groups is 5. The van der Waals surface area contributed by atoms with E-state index < -0.39 is 42.7 Å². The second-order valence-electron chi connectivity index (χ2n) is 11.0. The van der Waals surface area contributed by atoms with Crippen LogP contribution in [0.5, 0.6) is 0 Å². The summed E-state index contributed by atoms with van der Waals surface area (Å²) in [7, 11) is 0. The molecule has 1 saturated heterocycles. The number of halogens is 1. The number of hydrogen-bond acceptors (Lipinski definition) is 7. The van der Waals surface area contributed by atoms with Gasteiger partial charge in [-0.05, 0) is 23.8 Å². The van der Waals surface area contributed by atoms with Crippen molar-refractivity contribution in [3.8, 4) is 11.1 Å². The van der Waals surface area contributed by atoms with E-state index in [1.807, 2.05) is 0 Å². The summed E-state index contributed by atoms with van der Waals surface area (Å²) in [5.41, 5.74) is 2.60. The Morgan fingerprint density at radius 3 is 2.41 bits per heavy atom. The van der Waals surface area contributed by atoms with Crippen molar-refractivity contribution < 1.29 is 38.6 Å². The van der Waals surface area contributed by atoms with E-state index in [4.69, 9.17) is 10.2 Å². The highest BCUT2D eigenvalue weighted by Gasteiger charge is 2.46. The van der Waals surface area contributed by atoms with Gasteiger partial charge in [-0.1, -0.05) is 16.9 Å². The van der Waals surface area contributed by atoms with E-state index in [0.717, 1.165) is 0 Å². The zero-order valence-electron chi connectivity index (χ0n) is 23.5. The van der Waals surface area contributed by atoms with Gasteiger partial charge in [0, 0.05) is 35.1 Å². The second-order valence-corrected chi connectivity index (χ2v) is 11.0. The van der Waals surface area contributed by atoms with Gasteiger partial charge in [-0.2, -0.15) is 5.10 Å². The first-order chi connectivity index (χ1) is 21.1. The number of aliphatic carboxylic acids is 2. The highest BCUT2D eigenvalue weighted by molar-refractivity contribution is 6.00. The molecule has 2 aromatic heterocycles. The third-order valence-electron chi connectivity index (χ3n) is 8.37. The first-order valence-electron chi connectivity index (χ1n) is 14.1. The summed E-state index contributed by atoms with van der Waals surface area (Å²) >= 11 is 0. The minimum absolute atomic E-state index is 0.158. The molecule has 0 atom stereocenters. The fraction of sp³-hybridized carbons (Fsp3) is 0.345. The molecule has 0 spiro atoms. The predicted molar refractivity (Wildman–Crippen MR) is 153 cm³/mol. The summed E-state index contributed by atoms with van der Waals surface area (Å²) in [6.07, 6.45) is 2.00. The smallest absolute Gasteiger partial charge is 0.340 e. The highest BCUT2D eigenvalue weighted by Crippen LogP contribution is 2.42. The van der Waals surface area contributed by atoms with Crippen molar-refractivity contribution in [2.45, 2.75) is 38.1 Å². The van der Waals surface area contributed by atoms with Crippen molar-refractivity contribution in [3.63, 3.8) is 0 Å². The molecule has 1 fully saturated rings. The molecule has 4 aromatic rings. The van der Waals surface area contributed by atoms with E-state index in [-0.39, 0.29) is 41.4 Å². The fourth-order valence-electron chi connectivity index (χ4n) is 6.28. The van der Waals surface area contributed by atoms with Crippen molar-refractivity contribution in [3.05, 3.63) is 48.0 Å². The predicted octanol–water partition coefficient (Wildman–Crippen LogP) is 1.23. The van der Waals surface area contributed by atoms with Crippen LogP contribution in [0.25, 0.3) is 32.9 Å². The second kappa shape index (κ2) is 11.1. The van der Waals surface area contributed by atoms with Crippen LogP contribution in [0.4, 0.5) is 4.39 Å². The van der Waals surface area contributed by atoms with Gasteiger partial charge in [-0.3, -0.25) is 23.9 Å². The number of carbonyl (C=O) groups excluding carboxylic acids is 3. The van der Waals surface area contributed by atoms with Crippen molar-refractivity contribution in [2.24, 2.45) is 0 Å². The minimum Gasteiger partial charge on any atom is -0.481 e. The molecule has 0 aliphatic carbocycles. The van der Waals surface area contributed by atoms with Gasteiger partial charge in [-0.15, -0.1) is 9.69 Å². The van der Waals surface area contributed by atoms with Gasteiger partial charge in [0.15, 0.2) is 0 Å². The zero-order chi connectivity index (χ0) is 31.2. The maximum Gasteiger partial charge on any atom is 0.340 e. The number of nitrogens with zero attached hydrogens (tertiary/aromatic N) is 5. The molecular weight excluding hydrogens is 577 g/mol. The molecule has 5 heterocycles. The molecule has 15 heteroatoms. The van der Waals surface area contributed by atoms with E-state index >= 15 is 4.39 Å². The van der Waals surface area contributed by atoms with E-state index in [1.54, 1.807) is 29.1 Å². The Morgan fingerprint density at radius 1 is 0.932 bits per heavy atom. The van der Waals surface area contributed by atoms with Crippen molar-refractivity contribution >= 4 is 51.5 Å². The number of amides is 3. The van der Waals surface area contributed by atoms with Crippen molar-refractivity contribution in [1.82, 2.24) is 34.9 Å². The summed E-state index contributed by atoms with van der Waals surface area (Å²) in [5.74, 6) is -4.43. The van der Waals surface area contributed by atoms with Crippen LogP contribution in [0.3, 0.4) is 0 Å². The lowest BCUT2D eigenvalue weighted by Crippen LogP contribution is -2.65. The lowest BCUT2D eigenvalue weighted by atomic mass is 9.88. The summed E-state index contributed by atoms with van der Waals surface area (Å²) in [6.45, 7) is -0.605. The average molecular weight is 607 g/mol. The zero-order valence-corrected chi connectivity index (χ0v) is 23.5. The Kier molecular flexibility index (Phi) is 7.33. The molecule has 4 bridgehead atoms. The molecule has 3 aliphatic rings. The standard InChI is InChI=1S/C29H28FN7O7/c30-20-10-17-12-33-36-22(17)11-19(20)18-2-1-3-21-28(18)29(16-6-8-37(36,9-7-16)25(40)4-5-26(41)42)34-35(21)15-24(39)31-13-23(38)32-14-27(43)44/h1-3,10-12,16H,4-9,13-15H2,(H3-,31,32,38,39,41,42,43,44)/p+1. The van der Waals surface area contributed by atoms with Crippen LogP contribution < -0.4 is 15.2 Å². The Balaban J connectivity index is 1.42. The largest absolute Gasteiger partial charge is 0.481 e. The molecule has 3 aliphatic heterocycles. The third-order valence-corrected chi connectivity index (χ3v) is 8.37. The molecule has 44 heavy (non-hydrogen) atoms. The quantitative estimate of drug-likeness (QED) is 0.203. The average Bonchev–Trinajstić information content (AvgIpc) is 3.58. The topological polar surface area (TPSA) is 186 Å². The number of piperidine rings is 1. The number of fused-ring (bicyclic) bond motifs is 2. The maximum atomic E-state index is 15.7. The van der Waals surface area contributed by atoms with Crippen LogP contribution in [-0.2, 0) is 30.5 Å². The van der Waals surface area contributed by atoms with Crippen LogP contribution >= 0.6 is 0 Å². The molecule has 0 radical (unpaired) electrons. The Labute approximate surface area is 248 Å². The van der Waals surface area contributed by atoms with Crippen molar-refractivity contribution in [2.75, 3.05) is 26.2 Å². The number of benzene rings is 2. The summed E-state index contributed by atoms with van der Waals surface area (Å²) in [5, 5.41) is 33.1. The van der Waals surface area contributed by atoms with E-state index in [0.29, 0.717) is 59.0 Å². The molecule has 2 aromatic carbocycles. The molecule has 228 valence electrons. The normalized spacial score (nSPS) is 18.7. The monoisotopic (exact) mass is 606 g/mol. The third kappa shape index (κ3) is 5.04. The fourth-order valence-corrected chi connectivity index (χ4v) is 6.28. The minimum atomic E-state index is -1.21. The SMILES string of the molecule is O=C(O)CCC(=O)[N+]12CCC(CC1)c1nn(CC(=O)NCC(=O)NCC(=O)O)c3cccc(c13)-c1cc3c(cnn32)cc1F. The number of aromatic nitrogens is 4. The van der Waals surface area contributed by atoms with Gasteiger partial charge in [0.2, 0.25) is 11.8 Å². The van der Waals surface area contributed by atoms with Gasteiger partial charge in [0.1, 0.15) is 37.5 Å². The van der Waals surface area contributed by atoms with Gasteiger partial charge in [0.25, 0.3) is 0 Å². The molecule has 3 amide bonds. The number of quaternary nitrogens is 1. The number of nitrogens with one attached hydrogen (secondary N) is 2. The summed E-state index contributed by atoms with van der Waals surface area (Å²) in [4.78, 5) is 62.0. The summed E-state index contributed by atoms with van der Waals surface area (Å²) < 4.78 is 17.0. The number of carboxylic acid groups (broad SMARTS) is 2. The Morgan fingerprint density at radius 2 is 1.68 bits per heavy atom. The van der Waals surface area contributed by atoms with Crippen LogP contribution in [0.1, 0.15) is 37.3 Å². The van der Waals surface area contributed by atoms with Gasteiger partial charge >= 0.3 is 17.8 Å². The first-order valence-corrected chi connectivity index (χ1v) is 14.1. The molecule has 0 saturated carbocycles. The van der Waals surface area contributed by atoms with E-state index in [2.05, 4.69) is 15.7 Å². The van der Waals surface area contributed by atoms with Gasteiger partial charge in [0.05, 0.1) is 36.8 Å². The van der Waals surface area contributed by atoms with Crippen LogP contribution in [0.15, 0.2) is 36.5 Å². The maximum absolute atomic E-state index is 15.7. The molecule has 14 nitrogen and oxygen atoms in total. The number of hydrogen-bond donors (Lipinski definition) is 4. The number of rotatable bonds is 9. The van der Waals surface area contributed by atoms with Gasteiger partial charge < -0.3 is 20.8 Å². The van der Waals surface area contributed by atoms with E-state index in [9.17, 15) is 29.1 Å². The summed E-state index contributed by atoms with van der Waals surface area (Å²) in [6, 6.07) is 8.31. The molecule has 0 unspecified atom stereocenters. The van der Waals surface area contributed by atoms with Crippen molar-refractivity contribution in [1.29, 1.82) is 0 Å². The number of carboxylic acids is 2. The Hall–Kier alpha value is -5.18. The van der Waals surface area contributed by atoms with Gasteiger partial charge in [-0.25, -0.2) is 9.18 Å². The molecule has 7 rings (SSSR count). The van der Waals surface area contributed by atoms with Crippen LogP contribution in [0.2, 0.25) is 0 Å². The Bertz CT molecular complexity index is 1860. The lowest BCUT2D eigenvalue weighted by molar-refractivity contribution is -0.145. The first kappa shape index (κ1) is 28.9. The molecular formula is C29H29FN7O7+. The van der Waals surface area contributed by atoms with Crippen LogP contribution in [-0.4, -0.2) is 85.7 Å². The van der Waals surface area contributed by atoms with E-state index in [1.165, 1.54) is 16.9 Å². The lowest BCUT2D eigenvalue weighted by Gasteiger charge is -2.39. The van der Waals surface area contributed by atoms with Crippen LogP contribution in [0, 0.1) is 5.82 Å². The molecule has 4 N–H and O–H groups in total. The highest BCUT2D eigenvalue weighted by atomic mass is 19.1.